The Bertz CT molecular complexity index is 487. The number of esters is 1. The van der Waals surface area contributed by atoms with Crippen LogP contribution in [0.5, 0.6) is 0 Å². The molecule has 2 aliphatic rings. The Balaban J connectivity index is 2.52. The minimum absolute atomic E-state index is 0.114. The SMILES string of the molecule is C=C1C(=O)OC2=C(C=CC(C)(C)C=C2)C1=O. The fraction of sp³-hybridized carbons (Fsp3) is 0.231. The molecule has 0 unspecified atom stereocenters. The van der Waals surface area contributed by atoms with E-state index in [2.05, 4.69) is 6.58 Å². The van der Waals surface area contributed by atoms with Gasteiger partial charge in [-0.15, -0.1) is 0 Å². The summed E-state index contributed by atoms with van der Waals surface area (Å²) in [5.41, 5.74) is 0.119. The molecule has 0 fully saturated rings. The normalized spacial score (nSPS) is 23.0. The van der Waals surface area contributed by atoms with Crippen LogP contribution < -0.4 is 0 Å². The molecule has 0 spiro atoms. The lowest BCUT2D eigenvalue weighted by molar-refractivity contribution is -0.137. The number of ether oxygens (including phenoxy) is 1. The maximum absolute atomic E-state index is 11.8. The van der Waals surface area contributed by atoms with Gasteiger partial charge in [-0.3, -0.25) is 4.79 Å². The molecule has 0 aromatic heterocycles. The maximum Gasteiger partial charge on any atom is 0.346 e. The van der Waals surface area contributed by atoms with Crippen molar-refractivity contribution in [3.63, 3.8) is 0 Å². The first-order valence-electron chi connectivity index (χ1n) is 4.99. The Kier molecular flexibility index (Phi) is 2.19. The van der Waals surface area contributed by atoms with Crippen molar-refractivity contribution in [1.29, 1.82) is 0 Å². The molecule has 2 rings (SSSR count). The largest absolute Gasteiger partial charge is 0.422 e. The number of hydrogen-bond acceptors (Lipinski definition) is 3. The van der Waals surface area contributed by atoms with E-state index in [1.807, 2.05) is 26.0 Å². The number of Topliss-reactive ketones (excluding diaryl/α,β-unsaturated/α-hetero) is 1. The molecular formula is C13H12O3. The van der Waals surface area contributed by atoms with Crippen molar-refractivity contribution in [2.45, 2.75) is 13.8 Å². The molecule has 0 amide bonds. The molecule has 16 heavy (non-hydrogen) atoms. The molecule has 0 saturated heterocycles. The fourth-order valence-corrected chi connectivity index (χ4v) is 1.51. The van der Waals surface area contributed by atoms with E-state index >= 15 is 0 Å². The molecule has 3 heteroatoms. The summed E-state index contributed by atoms with van der Waals surface area (Å²) in [6.45, 7) is 7.42. The minimum atomic E-state index is -0.665. The van der Waals surface area contributed by atoms with E-state index in [9.17, 15) is 9.59 Å². The van der Waals surface area contributed by atoms with Crippen molar-refractivity contribution in [3.8, 4) is 0 Å². The second-order valence-electron chi connectivity index (χ2n) is 4.46. The van der Waals surface area contributed by atoms with Crippen molar-refractivity contribution in [2.75, 3.05) is 0 Å². The summed E-state index contributed by atoms with van der Waals surface area (Å²) >= 11 is 0. The van der Waals surface area contributed by atoms with Crippen LogP contribution in [0.4, 0.5) is 0 Å². The number of allylic oxidation sites excluding steroid dienone is 5. The van der Waals surface area contributed by atoms with Crippen molar-refractivity contribution < 1.29 is 14.3 Å². The van der Waals surface area contributed by atoms with Crippen LogP contribution in [0, 0.1) is 5.41 Å². The lowest BCUT2D eigenvalue weighted by Gasteiger charge is -2.15. The third-order valence-corrected chi connectivity index (χ3v) is 2.58. The summed E-state index contributed by atoms with van der Waals surface area (Å²) in [5, 5.41) is 0. The summed E-state index contributed by atoms with van der Waals surface area (Å²) < 4.78 is 5.03. The van der Waals surface area contributed by atoms with Crippen molar-refractivity contribution in [1.82, 2.24) is 0 Å². The first-order chi connectivity index (χ1) is 7.41. The number of carbonyl (C=O) groups is 2. The van der Waals surface area contributed by atoms with E-state index in [0.29, 0.717) is 11.3 Å². The first-order valence-corrected chi connectivity index (χ1v) is 4.99. The van der Waals surface area contributed by atoms with Gasteiger partial charge in [0.05, 0.1) is 5.57 Å². The Morgan fingerprint density at radius 1 is 1.19 bits per heavy atom. The summed E-state index contributed by atoms with van der Waals surface area (Å²) in [6.07, 6.45) is 7.14. The molecule has 0 aromatic carbocycles. The molecule has 82 valence electrons. The van der Waals surface area contributed by atoms with Crippen LogP contribution in [0.2, 0.25) is 0 Å². The number of hydrogen-bond donors (Lipinski definition) is 0. The summed E-state index contributed by atoms with van der Waals surface area (Å²) in [5.74, 6) is -0.712. The molecular weight excluding hydrogens is 204 g/mol. The highest BCUT2D eigenvalue weighted by atomic mass is 16.5. The van der Waals surface area contributed by atoms with Crippen LogP contribution in [0.25, 0.3) is 0 Å². The highest BCUT2D eigenvalue weighted by molar-refractivity contribution is 6.26. The van der Waals surface area contributed by atoms with E-state index in [0.717, 1.165) is 0 Å². The predicted molar refractivity (Wildman–Crippen MR) is 59.3 cm³/mol. The van der Waals surface area contributed by atoms with Crippen LogP contribution in [0.3, 0.4) is 0 Å². The zero-order chi connectivity index (χ0) is 11.9. The molecule has 0 bridgehead atoms. The van der Waals surface area contributed by atoms with E-state index in [1.54, 1.807) is 12.2 Å². The molecule has 3 nitrogen and oxygen atoms in total. The minimum Gasteiger partial charge on any atom is -0.422 e. The maximum atomic E-state index is 11.8. The van der Waals surface area contributed by atoms with E-state index < -0.39 is 5.97 Å². The smallest absolute Gasteiger partial charge is 0.346 e. The van der Waals surface area contributed by atoms with Crippen LogP contribution in [-0.2, 0) is 14.3 Å². The van der Waals surface area contributed by atoms with Crippen LogP contribution in [0.15, 0.2) is 47.8 Å². The molecule has 0 aromatic rings. The van der Waals surface area contributed by atoms with Crippen molar-refractivity contribution in [2.24, 2.45) is 5.41 Å². The van der Waals surface area contributed by atoms with Gasteiger partial charge in [-0.1, -0.05) is 38.7 Å². The third-order valence-electron chi connectivity index (χ3n) is 2.58. The summed E-state index contributed by atoms with van der Waals surface area (Å²) in [7, 11) is 0. The second kappa shape index (κ2) is 3.30. The molecule has 0 atom stereocenters. The zero-order valence-electron chi connectivity index (χ0n) is 9.24. The van der Waals surface area contributed by atoms with Crippen LogP contribution in [0.1, 0.15) is 13.8 Å². The van der Waals surface area contributed by atoms with Crippen molar-refractivity contribution in [3.05, 3.63) is 47.8 Å². The van der Waals surface area contributed by atoms with Gasteiger partial charge in [0.15, 0.2) is 0 Å². The van der Waals surface area contributed by atoms with Gasteiger partial charge in [-0.2, -0.15) is 0 Å². The fourth-order valence-electron chi connectivity index (χ4n) is 1.51. The van der Waals surface area contributed by atoms with Gasteiger partial charge in [0, 0.05) is 5.41 Å². The Hall–Kier alpha value is -1.90. The molecule has 0 saturated carbocycles. The number of ketones is 1. The van der Waals surface area contributed by atoms with Gasteiger partial charge in [0.1, 0.15) is 11.3 Å². The predicted octanol–water partition coefficient (Wildman–Crippen LogP) is 2.07. The van der Waals surface area contributed by atoms with Gasteiger partial charge in [0.25, 0.3) is 0 Å². The highest BCUT2D eigenvalue weighted by Gasteiger charge is 2.30. The van der Waals surface area contributed by atoms with Gasteiger partial charge < -0.3 is 4.74 Å². The van der Waals surface area contributed by atoms with Gasteiger partial charge >= 0.3 is 5.97 Å². The molecule has 0 radical (unpaired) electrons. The Labute approximate surface area is 93.8 Å². The molecule has 1 heterocycles. The highest BCUT2D eigenvalue weighted by Crippen LogP contribution is 2.30. The first kappa shape index (κ1) is 10.6. The average molecular weight is 216 g/mol. The van der Waals surface area contributed by atoms with Crippen LogP contribution >= 0.6 is 0 Å². The number of rotatable bonds is 0. The Morgan fingerprint density at radius 3 is 2.50 bits per heavy atom. The lowest BCUT2D eigenvalue weighted by atomic mass is 9.93. The quantitative estimate of drug-likeness (QED) is 0.353. The van der Waals surface area contributed by atoms with Crippen molar-refractivity contribution >= 4 is 11.8 Å². The van der Waals surface area contributed by atoms with E-state index in [4.69, 9.17) is 4.74 Å². The molecule has 1 aliphatic carbocycles. The topological polar surface area (TPSA) is 43.4 Å². The monoisotopic (exact) mass is 216 g/mol. The average Bonchev–Trinajstić information content (AvgIpc) is 2.35. The van der Waals surface area contributed by atoms with Gasteiger partial charge in [-0.05, 0) is 6.08 Å². The summed E-state index contributed by atoms with van der Waals surface area (Å²) in [4.78, 5) is 23.1. The third kappa shape index (κ3) is 1.65. The van der Waals surface area contributed by atoms with Gasteiger partial charge in [-0.25, -0.2) is 4.79 Å². The molecule has 0 N–H and O–H groups in total. The summed E-state index contributed by atoms with van der Waals surface area (Å²) in [6, 6.07) is 0. The molecule has 1 aliphatic heterocycles. The Morgan fingerprint density at radius 2 is 1.81 bits per heavy atom. The van der Waals surface area contributed by atoms with E-state index in [1.165, 1.54) is 0 Å². The standard InChI is InChI=1S/C13H12O3/c1-8-11(14)9-4-6-13(2,3)7-5-10(9)16-12(8)15/h4-7H,1H2,2-3H3. The van der Waals surface area contributed by atoms with E-state index in [-0.39, 0.29) is 16.8 Å². The second-order valence-corrected chi connectivity index (χ2v) is 4.46. The lowest BCUT2D eigenvalue weighted by Crippen LogP contribution is -2.22. The van der Waals surface area contributed by atoms with Crippen LogP contribution in [-0.4, -0.2) is 11.8 Å². The van der Waals surface area contributed by atoms with Gasteiger partial charge in [0.2, 0.25) is 5.78 Å². The zero-order valence-corrected chi connectivity index (χ0v) is 9.24. The number of carbonyl (C=O) groups excluding carboxylic acids is 2.